The number of amides is 3. The fraction of sp³-hybridized carbons (Fsp3) is 0.524. The first-order valence-electron chi connectivity index (χ1n) is 11.1. The number of allylic oxidation sites excluding steroid dienone is 1. The van der Waals surface area contributed by atoms with Gasteiger partial charge in [-0.3, -0.25) is 20.2 Å². The van der Waals surface area contributed by atoms with Gasteiger partial charge in [-0.15, -0.1) is 11.3 Å². The highest BCUT2D eigenvalue weighted by Gasteiger charge is 2.26. The summed E-state index contributed by atoms with van der Waals surface area (Å²) >= 11 is 2.22. The van der Waals surface area contributed by atoms with Crippen LogP contribution in [-0.4, -0.2) is 51.4 Å². The molecule has 0 atom stereocenters. The number of hydrogen-bond acceptors (Lipinski definition) is 8. The van der Waals surface area contributed by atoms with E-state index in [2.05, 4.69) is 26.7 Å². The Labute approximate surface area is 199 Å². The topological polar surface area (TPSA) is 130 Å². The molecule has 1 aliphatic carbocycles. The quantitative estimate of drug-likeness (QED) is 0.333. The molecular formula is C21H26N6O4S2. The Bertz CT molecular complexity index is 1040. The molecular weight excluding hydrogens is 464 g/mol. The van der Waals surface area contributed by atoms with Crippen LogP contribution in [0.5, 0.6) is 0 Å². The molecule has 4 rings (SSSR count). The molecule has 10 nitrogen and oxygen atoms in total. The molecule has 2 aromatic heterocycles. The van der Waals surface area contributed by atoms with Crippen LogP contribution in [0.4, 0.5) is 14.9 Å². The third kappa shape index (κ3) is 6.14. The number of hydrogen-bond donors (Lipinski definition) is 2. The first kappa shape index (κ1) is 23.3. The molecule has 2 N–H and O–H groups in total. The second-order valence-electron chi connectivity index (χ2n) is 8.14. The monoisotopic (exact) mass is 490 g/mol. The fourth-order valence-corrected chi connectivity index (χ4v) is 5.65. The fourth-order valence-electron chi connectivity index (χ4n) is 4.05. The molecule has 0 saturated carbocycles. The van der Waals surface area contributed by atoms with Gasteiger partial charge in [0.2, 0.25) is 0 Å². The van der Waals surface area contributed by atoms with Crippen molar-refractivity contribution < 1.29 is 14.5 Å². The van der Waals surface area contributed by atoms with Gasteiger partial charge in [-0.25, -0.2) is 14.8 Å². The van der Waals surface area contributed by atoms with Gasteiger partial charge in [-0.1, -0.05) is 11.6 Å². The maximum Gasteiger partial charge on any atom is 0.345 e. The van der Waals surface area contributed by atoms with Gasteiger partial charge in [0.15, 0.2) is 5.13 Å². The number of thiazole rings is 2. The second kappa shape index (κ2) is 10.8. The highest BCUT2D eigenvalue weighted by Crippen LogP contribution is 2.31. The molecule has 12 heteroatoms. The van der Waals surface area contributed by atoms with E-state index in [0.29, 0.717) is 19.6 Å². The van der Waals surface area contributed by atoms with Crippen LogP contribution in [0.15, 0.2) is 23.2 Å². The smallest absolute Gasteiger partial charge is 0.338 e. The van der Waals surface area contributed by atoms with Crippen LogP contribution in [0.1, 0.15) is 66.4 Å². The van der Waals surface area contributed by atoms with Gasteiger partial charge in [0, 0.05) is 30.9 Å². The van der Waals surface area contributed by atoms with Gasteiger partial charge in [0.25, 0.3) is 5.91 Å². The summed E-state index contributed by atoms with van der Waals surface area (Å²) in [5, 5.41) is 18.9. The Hall–Kier alpha value is -2.86. The van der Waals surface area contributed by atoms with E-state index in [1.807, 2.05) is 4.90 Å². The Kier molecular flexibility index (Phi) is 7.65. The number of nitrogens with one attached hydrogen (secondary N) is 2. The zero-order valence-corrected chi connectivity index (χ0v) is 19.8. The number of rotatable bonds is 7. The summed E-state index contributed by atoms with van der Waals surface area (Å²) < 4.78 is 0. The summed E-state index contributed by atoms with van der Waals surface area (Å²) in [6.45, 7) is 1.99. The number of carbonyl (C=O) groups is 2. The molecule has 2 aliphatic rings. The summed E-state index contributed by atoms with van der Waals surface area (Å²) in [4.78, 5) is 45.3. The van der Waals surface area contributed by atoms with E-state index in [-0.39, 0.29) is 27.8 Å². The van der Waals surface area contributed by atoms with Gasteiger partial charge in [-0.2, -0.15) is 0 Å². The van der Waals surface area contributed by atoms with Gasteiger partial charge >= 0.3 is 11.0 Å². The molecule has 176 valence electrons. The van der Waals surface area contributed by atoms with Gasteiger partial charge < -0.3 is 10.2 Å². The maximum absolute atomic E-state index is 12.5. The normalized spacial score (nSPS) is 16.8. The van der Waals surface area contributed by atoms with Crippen LogP contribution in [-0.2, 0) is 0 Å². The number of anilines is 1. The van der Waals surface area contributed by atoms with Gasteiger partial charge in [0.05, 0.1) is 9.93 Å². The van der Waals surface area contributed by atoms with Crippen molar-refractivity contribution in [2.75, 3.05) is 25.0 Å². The van der Waals surface area contributed by atoms with E-state index >= 15 is 0 Å². The van der Waals surface area contributed by atoms with E-state index in [9.17, 15) is 19.7 Å². The predicted molar refractivity (Wildman–Crippen MR) is 127 cm³/mol. The third-order valence-corrected chi connectivity index (χ3v) is 7.76. The Morgan fingerprint density at radius 3 is 2.79 bits per heavy atom. The van der Waals surface area contributed by atoms with Crippen molar-refractivity contribution in [3.05, 3.63) is 44.0 Å². The minimum Gasteiger partial charge on any atom is -0.338 e. The second-order valence-corrected chi connectivity index (χ2v) is 10.0. The molecule has 1 fully saturated rings. The first-order chi connectivity index (χ1) is 16.0. The lowest BCUT2D eigenvalue weighted by Crippen LogP contribution is -2.44. The van der Waals surface area contributed by atoms with Crippen molar-refractivity contribution in [2.45, 2.75) is 50.9 Å². The Balaban J connectivity index is 1.22. The molecule has 0 unspecified atom stereocenters. The van der Waals surface area contributed by atoms with Crippen LogP contribution < -0.4 is 10.6 Å². The number of urea groups is 1. The lowest BCUT2D eigenvalue weighted by molar-refractivity contribution is -0.380. The number of aromatic nitrogens is 2. The van der Waals surface area contributed by atoms with Crippen molar-refractivity contribution in [3.63, 3.8) is 0 Å². The number of nitro groups is 1. The molecule has 0 aromatic carbocycles. The van der Waals surface area contributed by atoms with Crippen molar-refractivity contribution in [2.24, 2.45) is 0 Å². The summed E-state index contributed by atoms with van der Waals surface area (Å²) in [5.41, 5.74) is 1.72. The number of likely N-dealkylation sites (tertiary alicyclic amines) is 1. The van der Waals surface area contributed by atoms with Crippen LogP contribution in [0.2, 0.25) is 0 Å². The molecule has 0 radical (unpaired) electrons. The first-order valence-corrected chi connectivity index (χ1v) is 12.8. The summed E-state index contributed by atoms with van der Waals surface area (Å²) in [6.07, 6.45) is 10.8. The van der Waals surface area contributed by atoms with Crippen molar-refractivity contribution in [1.29, 1.82) is 0 Å². The summed E-state index contributed by atoms with van der Waals surface area (Å²) in [7, 11) is 0. The molecule has 2 aromatic rings. The third-order valence-electron chi connectivity index (χ3n) is 5.89. The van der Waals surface area contributed by atoms with Crippen LogP contribution in [0, 0.1) is 10.1 Å². The molecule has 3 heterocycles. The average molecular weight is 491 g/mol. The van der Waals surface area contributed by atoms with E-state index in [0.717, 1.165) is 54.6 Å². The van der Waals surface area contributed by atoms with Crippen LogP contribution in [0.3, 0.4) is 0 Å². The zero-order chi connectivity index (χ0) is 23.2. The number of piperidine rings is 1. The van der Waals surface area contributed by atoms with E-state index < -0.39 is 10.8 Å². The van der Waals surface area contributed by atoms with Crippen molar-refractivity contribution >= 4 is 44.7 Å². The minimum absolute atomic E-state index is 0.0124. The van der Waals surface area contributed by atoms with Gasteiger partial charge in [-0.05, 0) is 56.3 Å². The van der Waals surface area contributed by atoms with Crippen LogP contribution in [0.25, 0.3) is 0 Å². The summed E-state index contributed by atoms with van der Waals surface area (Å²) in [6, 6.07) is -0.0124. The molecule has 3 amide bonds. The number of nitrogens with zero attached hydrogens (tertiary/aromatic N) is 4. The zero-order valence-electron chi connectivity index (χ0n) is 18.1. The molecule has 0 spiro atoms. The molecule has 1 saturated heterocycles. The Morgan fingerprint density at radius 1 is 1.27 bits per heavy atom. The highest BCUT2D eigenvalue weighted by atomic mass is 32.1. The van der Waals surface area contributed by atoms with E-state index in [1.165, 1.54) is 29.8 Å². The lowest BCUT2D eigenvalue weighted by atomic mass is 9.97. The van der Waals surface area contributed by atoms with Crippen molar-refractivity contribution in [3.8, 4) is 0 Å². The van der Waals surface area contributed by atoms with Crippen LogP contribution >= 0.6 is 22.7 Å². The molecule has 1 aliphatic heterocycles. The predicted octanol–water partition coefficient (Wildman–Crippen LogP) is 4.54. The van der Waals surface area contributed by atoms with Crippen molar-refractivity contribution in [1.82, 2.24) is 20.2 Å². The Morgan fingerprint density at radius 2 is 2.09 bits per heavy atom. The maximum atomic E-state index is 12.5. The molecule has 0 bridgehead atoms. The molecule has 33 heavy (non-hydrogen) atoms. The lowest BCUT2D eigenvalue weighted by Gasteiger charge is -2.31. The number of carbonyl (C=O) groups excluding carboxylic acids is 2. The SMILES string of the molecule is O=C(Nc1ncc([N+](=O)[O-])s1)c1csc(C2CCN(C(=O)NCCC3=CCCCC3)CC2)n1. The summed E-state index contributed by atoms with van der Waals surface area (Å²) in [5.74, 6) is -0.236. The largest absolute Gasteiger partial charge is 0.345 e. The standard InChI is InChI=1S/C21H26N6O4S2/c28-18(25-20-23-12-17(33-20)27(30)31)16-13-32-19(24-16)15-7-10-26(11-8-15)21(29)22-9-6-14-4-2-1-3-5-14/h4,12-13,15H,1-3,5-11H2,(H,22,29)(H,23,25,28). The highest BCUT2D eigenvalue weighted by molar-refractivity contribution is 7.18. The van der Waals surface area contributed by atoms with E-state index in [4.69, 9.17) is 0 Å². The average Bonchev–Trinajstić information content (AvgIpc) is 3.50. The van der Waals surface area contributed by atoms with E-state index in [1.54, 1.807) is 5.38 Å². The minimum atomic E-state index is -0.546. The van der Waals surface area contributed by atoms with Gasteiger partial charge in [0.1, 0.15) is 11.9 Å².